The molecule has 1 unspecified atom stereocenters. The van der Waals surface area contributed by atoms with Gasteiger partial charge in [0.05, 0.1) is 6.10 Å². The fourth-order valence-corrected chi connectivity index (χ4v) is 1.82. The van der Waals surface area contributed by atoms with Gasteiger partial charge in [-0.15, -0.1) is 0 Å². The Morgan fingerprint density at radius 1 is 1.30 bits per heavy atom. The van der Waals surface area contributed by atoms with Gasteiger partial charge >= 0.3 is 0 Å². The summed E-state index contributed by atoms with van der Waals surface area (Å²) >= 11 is 0. The van der Waals surface area contributed by atoms with Crippen molar-refractivity contribution in [1.82, 2.24) is 5.32 Å². The number of aliphatic hydroxyl groups excluding tert-OH is 1. The number of rotatable bonds is 8. The summed E-state index contributed by atoms with van der Waals surface area (Å²) in [6, 6.07) is 7.74. The maximum Gasteiger partial charge on any atom is 0.258 e. The van der Waals surface area contributed by atoms with E-state index >= 15 is 0 Å². The molecule has 0 heterocycles. The Kier molecular flexibility index (Phi) is 7.09. The Hall–Kier alpha value is -1.55. The first kappa shape index (κ1) is 16.5. The molecule has 4 heteroatoms. The summed E-state index contributed by atoms with van der Waals surface area (Å²) in [5, 5.41) is 12.2. The second kappa shape index (κ2) is 8.59. The number of carbonyl (C=O) groups is 1. The molecule has 1 aromatic carbocycles. The number of amides is 1. The normalized spacial score (nSPS) is 12.2. The van der Waals surface area contributed by atoms with Crippen LogP contribution in [0, 0.1) is 0 Å². The average Bonchev–Trinajstić information content (AvgIpc) is 2.43. The highest BCUT2D eigenvalue weighted by Gasteiger charge is 2.07. The van der Waals surface area contributed by atoms with E-state index in [9.17, 15) is 9.90 Å². The summed E-state index contributed by atoms with van der Waals surface area (Å²) in [5.41, 5.74) is 1.24. The Labute approximate surface area is 121 Å². The molecule has 0 saturated carbocycles. The summed E-state index contributed by atoms with van der Waals surface area (Å²) in [6.07, 6.45) is 1.11. The Morgan fingerprint density at radius 2 is 1.95 bits per heavy atom. The number of nitrogens with one attached hydrogen (secondary N) is 1. The molecular weight excluding hydrogens is 254 g/mol. The lowest BCUT2D eigenvalue weighted by atomic mass is 10.0. The molecular formula is C16H25NO3. The van der Waals surface area contributed by atoms with Crippen LogP contribution >= 0.6 is 0 Å². The van der Waals surface area contributed by atoms with Crippen molar-refractivity contribution in [2.75, 3.05) is 13.2 Å². The highest BCUT2D eigenvalue weighted by atomic mass is 16.5. The zero-order valence-electron chi connectivity index (χ0n) is 12.6. The lowest BCUT2D eigenvalue weighted by Crippen LogP contribution is -2.35. The molecule has 0 aliphatic rings. The molecule has 0 aromatic heterocycles. The van der Waals surface area contributed by atoms with E-state index in [2.05, 4.69) is 19.2 Å². The van der Waals surface area contributed by atoms with Crippen molar-refractivity contribution in [2.24, 2.45) is 0 Å². The summed E-state index contributed by atoms with van der Waals surface area (Å²) in [4.78, 5) is 11.6. The van der Waals surface area contributed by atoms with Crippen LogP contribution in [0.3, 0.4) is 0 Å². The highest BCUT2D eigenvalue weighted by Crippen LogP contribution is 2.18. The van der Waals surface area contributed by atoms with Gasteiger partial charge in [-0.25, -0.2) is 0 Å². The van der Waals surface area contributed by atoms with Gasteiger partial charge in [0.15, 0.2) is 6.61 Å². The predicted molar refractivity (Wildman–Crippen MR) is 80.0 cm³/mol. The number of aliphatic hydroxyl groups is 1. The van der Waals surface area contributed by atoms with Crippen molar-refractivity contribution in [2.45, 2.75) is 45.6 Å². The molecule has 0 spiro atoms. The molecule has 0 aliphatic carbocycles. The molecule has 112 valence electrons. The maximum absolute atomic E-state index is 11.6. The van der Waals surface area contributed by atoms with E-state index < -0.39 is 6.10 Å². The summed E-state index contributed by atoms with van der Waals surface area (Å²) in [5.74, 6) is 0.944. The van der Waals surface area contributed by atoms with Gasteiger partial charge in [0.1, 0.15) is 5.75 Å². The Bertz CT molecular complexity index is 401. The van der Waals surface area contributed by atoms with E-state index in [0.29, 0.717) is 18.1 Å². The van der Waals surface area contributed by atoms with Gasteiger partial charge in [-0.05, 0) is 30.0 Å². The molecule has 0 bridgehead atoms. The number of hydrogen-bond acceptors (Lipinski definition) is 3. The quantitative estimate of drug-likeness (QED) is 0.768. The predicted octanol–water partition coefficient (Wildman–Crippen LogP) is 2.47. The topological polar surface area (TPSA) is 58.6 Å². The van der Waals surface area contributed by atoms with E-state index in [0.717, 1.165) is 6.42 Å². The molecule has 0 saturated heterocycles. The summed E-state index contributed by atoms with van der Waals surface area (Å²) in [6.45, 7) is 6.51. The fourth-order valence-electron chi connectivity index (χ4n) is 1.82. The van der Waals surface area contributed by atoms with Gasteiger partial charge in [0.25, 0.3) is 5.91 Å². The first-order valence-electron chi connectivity index (χ1n) is 7.20. The van der Waals surface area contributed by atoms with Crippen LogP contribution in [-0.4, -0.2) is 30.3 Å². The van der Waals surface area contributed by atoms with Crippen molar-refractivity contribution in [1.29, 1.82) is 0 Å². The summed E-state index contributed by atoms with van der Waals surface area (Å²) in [7, 11) is 0. The van der Waals surface area contributed by atoms with Crippen LogP contribution in [0.2, 0.25) is 0 Å². The molecule has 1 amide bonds. The minimum Gasteiger partial charge on any atom is -0.484 e. The first-order valence-corrected chi connectivity index (χ1v) is 7.20. The zero-order valence-corrected chi connectivity index (χ0v) is 12.6. The van der Waals surface area contributed by atoms with Crippen LogP contribution < -0.4 is 10.1 Å². The minimum absolute atomic E-state index is 0.0279. The van der Waals surface area contributed by atoms with Crippen LogP contribution in [0.1, 0.15) is 45.1 Å². The van der Waals surface area contributed by atoms with E-state index in [1.165, 1.54) is 5.56 Å². The van der Waals surface area contributed by atoms with Crippen molar-refractivity contribution < 1.29 is 14.6 Å². The van der Waals surface area contributed by atoms with Crippen LogP contribution in [0.25, 0.3) is 0 Å². The van der Waals surface area contributed by atoms with E-state index in [-0.39, 0.29) is 19.1 Å². The Morgan fingerprint density at radius 3 is 2.50 bits per heavy atom. The van der Waals surface area contributed by atoms with Crippen LogP contribution in [0.4, 0.5) is 0 Å². The third-order valence-electron chi connectivity index (χ3n) is 3.07. The van der Waals surface area contributed by atoms with Crippen LogP contribution in [-0.2, 0) is 4.79 Å². The lowest BCUT2D eigenvalue weighted by molar-refractivity contribution is -0.123. The Balaban J connectivity index is 2.30. The number of benzene rings is 1. The molecule has 20 heavy (non-hydrogen) atoms. The van der Waals surface area contributed by atoms with Gasteiger partial charge < -0.3 is 15.2 Å². The highest BCUT2D eigenvalue weighted by molar-refractivity contribution is 5.77. The fraction of sp³-hybridized carbons (Fsp3) is 0.562. The first-order chi connectivity index (χ1) is 9.52. The van der Waals surface area contributed by atoms with Crippen molar-refractivity contribution in [3.05, 3.63) is 29.8 Å². The SMILES string of the molecule is CCCC(O)CNC(=O)COc1ccc(C(C)C)cc1. The zero-order chi connectivity index (χ0) is 15.0. The standard InChI is InChI=1S/C16H25NO3/c1-4-5-14(18)10-17-16(19)11-20-15-8-6-13(7-9-15)12(2)3/h6-9,12,14,18H,4-5,10-11H2,1-3H3,(H,17,19). The molecule has 2 N–H and O–H groups in total. The largest absolute Gasteiger partial charge is 0.484 e. The smallest absolute Gasteiger partial charge is 0.258 e. The van der Waals surface area contributed by atoms with Gasteiger partial charge in [0, 0.05) is 6.54 Å². The molecule has 1 atom stereocenters. The van der Waals surface area contributed by atoms with Gasteiger partial charge in [-0.3, -0.25) is 4.79 Å². The molecule has 0 aliphatic heterocycles. The molecule has 1 aromatic rings. The van der Waals surface area contributed by atoms with Crippen LogP contribution in [0.15, 0.2) is 24.3 Å². The molecule has 4 nitrogen and oxygen atoms in total. The van der Waals surface area contributed by atoms with Gasteiger partial charge in [-0.2, -0.15) is 0 Å². The summed E-state index contributed by atoms with van der Waals surface area (Å²) < 4.78 is 5.40. The van der Waals surface area contributed by atoms with Crippen LogP contribution in [0.5, 0.6) is 5.75 Å². The second-order valence-corrected chi connectivity index (χ2v) is 5.26. The maximum atomic E-state index is 11.6. The lowest BCUT2D eigenvalue weighted by Gasteiger charge is -2.12. The number of hydrogen-bond donors (Lipinski definition) is 2. The monoisotopic (exact) mass is 279 g/mol. The third-order valence-corrected chi connectivity index (χ3v) is 3.07. The number of ether oxygens (including phenoxy) is 1. The van der Waals surface area contributed by atoms with Crippen molar-refractivity contribution in [3.63, 3.8) is 0 Å². The van der Waals surface area contributed by atoms with Gasteiger partial charge in [-0.1, -0.05) is 39.3 Å². The minimum atomic E-state index is -0.478. The molecule has 0 fully saturated rings. The molecule has 0 radical (unpaired) electrons. The van der Waals surface area contributed by atoms with Gasteiger partial charge in [0.2, 0.25) is 0 Å². The van der Waals surface area contributed by atoms with E-state index in [1.54, 1.807) is 0 Å². The number of carbonyl (C=O) groups excluding carboxylic acids is 1. The van der Waals surface area contributed by atoms with Crippen molar-refractivity contribution >= 4 is 5.91 Å². The van der Waals surface area contributed by atoms with Crippen molar-refractivity contribution in [3.8, 4) is 5.75 Å². The second-order valence-electron chi connectivity index (χ2n) is 5.26. The van der Waals surface area contributed by atoms with E-state index in [4.69, 9.17) is 4.74 Å². The average molecular weight is 279 g/mol. The molecule has 1 rings (SSSR count). The van der Waals surface area contributed by atoms with E-state index in [1.807, 2.05) is 31.2 Å². The third kappa shape index (κ3) is 6.06.